The predicted octanol–water partition coefficient (Wildman–Crippen LogP) is 1.54. The van der Waals surface area contributed by atoms with Crippen molar-refractivity contribution in [3.05, 3.63) is 29.8 Å². The number of carboxylic acids is 1. The Bertz CT molecular complexity index is 726. The van der Waals surface area contributed by atoms with Gasteiger partial charge in [-0.05, 0) is 42.9 Å². The molecule has 1 spiro atoms. The number of rotatable bonds is 3. The molecule has 1 aliphatic heterocycles. The number of carbonyl (C=O) groups is 2. The Morgan fingerprint density at radius 1 is 1.23 bits per heavy atom. The third kappa shape index (κ3) is 2.85. The lowest BCUT2D eigenvalue weighted by atomic mass is 9.96. The molecule has 22 heavy (non-hydrogen) atoms. The molecule has 0 radical (unpaired) electrons. The number of amides is 1. The van der Waals surface area contributed by atoms with E-state index in [0.717, 1.165) is 0 Å². The molecule has 7 heteroatoms. The Balaban J connectivity index is 1.65. The highest BCUT2D eigenvalue weighted by atomic mass is 32.2. The van der Waals surface area contributed by atoms with Crippen molar-refractivity contribution in [3.63, 3.8) is 0 Å². The van der Waals surface area contributed by atoms with Crippen molar-refractivity contribution in [2.75, 3.05) is 16.8 Å². The summed E-state index contributed by atoms with van der Waals surface area (Å²) in [5.74, 6) is -1.05. The monoisotopic (exact) mass is 323 g/mol. The van der Waals surface area contributed by atoms with Gasteiger partial charge in [-0.15, -0.1) is 0 Å². The van der Waals surface area contributed by atoms with Gasteiger partial charge in [0.05, 0.1) is 17.1 Å². The minimum atomic E-state index is -2.93. The standard InChI is InChI=1S/C15H17NO5S/c17-13(16-11-3-1-2-10(8-11)14(18)19)12-9-15(12)4-6-22(20,21)7-5-15/h1-3,8,12H,4-7,9H2,(H,16,17)(H,18,19). The second kappa shape index (κ2) is 5.08. The molecule has 2 aliphatic rings. The van der Waals surface area contributed by atoms with Crippen LogP contribution in [0.15, 0.2) is 24.3 Å². The highest BCUT2D eigenvalue weighted by Gasteiger charge is 2.59. The number of anilines is 1. The number of carboxylic acid groups (broad SMARTS) is 1. The molecule has 1 amide bonds. The van der Waals surface area contributed by atoms with E-state index in [4.69, 9.17) is 5.11 Å². The van der Waals surface area contributed by atoms with E-state index >= 15 is 0 Å². The maximum absolute atomic E-state index is 12.3. The fourth-order valence-electron chi connectivity index (χ4n) is 3.17. The van der Waals surface area contributed by atoms with Crippen molar-refractivity contribution in [2.45, 2.75) is 19.3 Å². The van der Waals surface area contributed by atoms with Gasteiger partial charge in [0.15, 0.2) is 0 Å². The maximum atomic E-state index is 12.3. The normalized spacial score (nSPS) is 24.6. The molecule has 1 saturated heterocycles. The summed E-state index contributed by atoms with van der Waals surface area (Å²) < 4.78 is 23.0. The molecular weight excluding hydrogens is 306 g/mol. The summed E-state index contributed by atoms with van der Waals surface area (Å²) in [6, 6.07) is 6.10. The summed E-state index contributed by atoms with van der Waals surface area (Å²) in [6.07, 6.45) is 1.80. The Morgan fingerprint density at radius 3 is 2.55 bits per heavy atom. The van der Waals surface area contributed by atoms with Crippen molar-refractivity contribution in [1.29, 1.82) is 0 Å². The summed E-state index contributed by atoms with van der Waals surface area (Å²) in [7, 11) is -2.93. The van der Waals surface area contributed by atoms with Crippen LogP contribution in [0.1, 0.15) is 29.6 Å². The fraction of sp³-hybridized carbons (Fsp3) is 0.467. The summed E-state index contributed by atoms with van der Waals surface area (Å²) in [5, 5.41) is 11.7. The Labute approximate surface area is 128 Å². The summed E-state index contributed by atoms with van der Waals surface area (Å²) in [4.78, 5) is 23.2. The first-order chi connectivity index (χ1) is 10.3. The second-order valence-electron chi connectivity index (χ2n) is 6.15. The van der Waals surface area contributed by atoms with E-state index in [1.807, 2.05) is 0 Å². The molecule has 1 aromatic carbocycles. The molecule has 6 nitrogen and oxygen atoms in total. The van der Waals surface area contributed by atoms with Crippen LogP contribution in [-0.2, 0) is 14.6 Å². The van der Waals surface area contributed by atoms with Gasteiger partial charge in [0.25, 0.3) is 0 Å². The number of sulfone groups is 1. The maximum Gasteiger partial charge on any atom is 0.335 e. The van der Waals surface area contributed by atoms with Crippen molar-refractivity contribution in [1.82, 2.24) is 0 Å². The molecule has 1 aliphatic carbocycles. The number of hydrogen-bond donors (Lipinski definition) is 2. The van der Waals surface area contributed by atoms with Crippen molar-refractivity contribution in [3.8, 4) is 0 Å². The smallest absolute Gasteiger partial charge is 0.335 e. The van der Waals surface area contributed by atoms with Gasteiger partial charge in [0.1, 0.15) is 9.84 Å². The minimum absolute atomic E-state index is 0.118. The zero-order valence-corrected chi connectivity index (χ0v) is 12.7. The highest BCUT2D eigenvalue weighted by Crippen LogP contribution is 2.60. The van der Waals surface area contributed by atoms with Crippen LogP contribution in [0, 0.1) is 11.3 Å². The highest BCUT2D eigenvalue weighted by molar-refractivity contribution is 7.91. The molecule has 0 aromatic heterocycles. The molecule has 1 heterocycles. The lowest BCUT2D eigenvalue weighted by Crippen LogP contribution is -2.28. The largest absolute Gasteiger partial charge is 0.478 e. The van der Waals surface area contributed by atoms with Gasteiger partial charge in [0.2, 0.25) is 5.91 Å². The van der Waals surface area contributed by atoms with Crippen LogP contribution >= 0.6 is 0 Å². The minimum Gasteiger partial charge on any atom is -0.478 e. The molecule has 2 fully saturated rings. The zero-order chi connectivity index (χ0) is 16.0. The number of aromatic carboxylic acids is 1. The summed E-state index contributed by atoms with van der Waals surface area (Å²) in [6.45, 7) is 0. The van der Waals surface area contributed by atoms with Crippen LogP contribution in [-0.4, -0.2) is 36.9 Å². The van der Waals surface area contributed by atoms with E-state index in [-0.39, 0.29) is 34.3 Å². The fourth-order valence-corrected chi connectivity index (χ4v) is 4.81. The summed E-state index contributed by atoms with van der Waals surface area (Å²) >= 11 is 0. The average molecular weight is 323 g/mol. The number of nitrogens with one attached hydrogen (secondary N) is 1. The third-order valence-corrected chi connectivity index (χ3v) is 6.36. The van der Waals surface area contributed by atoms with Gasteiger partial charge in [0, 0.05) is 11.6 Å². The van der Waals surface area contributed by atoms with Crippen molar-refractivity contribution in [2.24, 2.45) is 11.3 Å². The van der Waals surface area contributed by atoms with E-state index in [0.29, 0.717) is 24.9 Å². The first-order valence-corrected chi connectivity index (χ1v) is 8.98. The average Bonchev–Trinajstić information content (AvgIpc) is 3.18. The molecule has 1 atom stereocenters. The molecule has 0 bridgehead atoms. The van der Waals surface area contributed by atoms with E-state index in [9.17, 15) is 18.0 Å². The van der Waals surface area contributed by atoms with Crippen LogP contribution < -0.4 is 5.32 Å². The SMILES string of the molecule is O=C(O)c1cccc(NC(=O)C2CC23CCS(=O)(=O)CC3)c1. The first-order valence-electron chi connectivity index (χ1n) is 7.16. The van der Waals surface area contributed by atoms with Gasteiger partial charge in [-0.1, -0.05) is 6.07 Å². The zero-order valence-electron chi connectivity index (χ0n) is 11.9. The Kier molecular flexibility index (Phi) is 3.47. The number of carbonyl (C=O) groups excluding carboxylic acids is 1. The quantitative estimate of drug-likeness (QED) is 0.878. The van der Waals surface area contributed by atoms with Crippen molar-refractivity contribution < 1.29 is 23.1 Å². The van der Waals surface area contributed by atoms with E-state index in [2.05, 4.69) is 5.32 Å². The van der Waals surface area contributed by atoms with Gasteiger partial charge in [-0.2, -0.15) is 0 Å². The van der Waals surface area contributed by atoms with E-state index in [1.165, 1.54) is 12.1 Å². The van der Waals surface area contributed by atoms with Crippen molar-refractivity contribution >= 4 is 27.4 Å². The second-order valence-corrected chi connectivity index (χ2v) is 8.45. The number of benzene rings is 1. The van der Waals surface area contributed by atoms with Gasteiger partial charge < -0.3 is 10.4 Å². The molecular formula is C15H17NO5S. The summed E-state index contributed by atoms with van der Waals surface area (Å²) in [5.41, 5.74) is 0.405. The van der Waals surface area contributed by atoms with Gasteiger partial charge in [-0.25, -0.2) is 13.2 Å². The lowest BCUT2D eigenvalue weighted by Gasteiger charge is -2.22. The Morgan fingerprint density at radius 2 is 1.91 bits per heavy atom. The molecule has 3 rings (SSSR count). The molecule has 1 aromatic rings. The van der Waals surface area contributed by atoms with Crippen LogP contribution in [0.4, 0.5) is 5.69 Å². The van der Waals surface area contributed by atoms with Crippen LogP contribution in [0.2, 0.25) is 0 Å². The van der Waals surface area contributed by atoms with Gasteiger partial charge >= 0.3 is 5.97 Å². The van der Waals surface area contributed by atoms with E-state index in [1.54, 1.807) is 12.1 Å². The molecule has 1 unspecified atom stereocenters. The first kappa shape index (κ1) is 15.0. The molecule has 118 valence electrons. The third-order valence-electron chi connectivity index (χ3n) is 4.71. The lowest BCUT2D eigenvalue weighted by molar-refractivity contribution is -0.118. The Hall–Kier alpha value is -1.89. The number of hydrogen-bond acceptors (Lipinski definition) is 4. The topological polar surface area (TPSA) is 101 Å². The van der Waals surface area contributed by atoms with Crippen LogP contribution in [0.3, 0.4) is 0 Å². The predicted molar refractivity (Wildman–Crippen MR) is 80.5 cm³/mol. The molecule has 1 saturated carbocycles. The van der Waals surface area contributed by atoms with Gasteiger partial charge in [-0.3, -0.25) is 4.79 Å². The van der Waals surface area contributed by atoms with E-state index < -0.39 is 15.8 Å². The van der Waals surface area contributed by atoms with Crippen LogP contribution in [0.25, 0.3) is 0 Å². The van der Waals surface area contributed by atoms with Crippen LogP contribution in [0.5, 0.6) is 0 Å². The molecule has 2 N–H and O–H groups in total.